The van der Waals surface area contributed by atoms with Crippen LogP contribution in [0.3, 0.4) is 0 Å². The zero-order valence-electron chi connectivity index (χ0n) is 20.0. The molecule has 34 heavy (non-hydrogen) atoms. The fourth-order valence-electron chi connectivity index (χ4n) is 6.25. The van der Waals surface area contributed by atoms with Crippen LogP contribution in [-0.4, -0.2) is 73.1 Å². The highest BCUT2D eigenvalue weighted by Crippen LogP contribution is 2.34. The maximum Gasteiger partial charge on any atom is 0.252 e. The van der Waals surface area contributed by atoms with Crippen LogP contribution in [0.25, 0.3) is 0 Å². The number of nitrogens with zero attached hydrogens (tertiary/aromatic N) is 2. The van der Waals surface area contributed by atoms with E-state index in [-0.39, 0.29) is 35.7 Å². The molecule has 3 heterocycles. The minimum atomic E-state index is -0.0782. The summed E-state index contributed by atoms with van der Waals surface area (Å²) in [6.45, 7) is 6.08. The van der Waals surface area contributed by atoms with Gasteiger partial charge in [-0.1, -0.05) is 30.7 Å². The lowest BCUT2D eigenvalue weighted by molar-refractivity contribution is -0.137. The van der Waals surface area contributed by atoms with Crippen molar-refractivity contribution >= 4 is 23.4 Å². The average molecular weight is 486 g/mol. The van der Waals surface area contributed by atoms with Crippen LogP contribution in [0.4, 0.5) is 0 Å². The first-order valence-electron chi connectivity index (χ1n) is 12.9. The van der Waals surface area contributed by atoms with Crippen molar-refractivity contribution in [3.8, 4) is 0 Å². The lowest BCUT2D eigenvalue weighted by Gasteiger charge is -2.40. The average Bonchev–Trinajstić information content (AvgIpc) is 3.62. The number of amides is 2. The number of hydrogen-bond donors (Lipinski definition) is 1. The Morgan fingerprint density at radius 3 is 2.53 bits per heavy atom. The molecule has 5 rings (SSSR count). The van der Waals surface area contributed by atoms with Gasteiger partial charge in [-0.05, 0) is 61.8 Å². The fourth-order valence-corrected chi connectivity index (χ4v) is 6.38. The number of halogens is 1. The van der Waals surface area contributed by atoms with Crippen molar-refractivity contribution in [2.24, 2.45) is 11.8 Å². The van der Waals surface area contributed by atoms with E-state index in [0.29, 0.717) is 31.3 Å². The van der Waals surface area contributed by atoms with Gasteiger partial charge in [0.15, 0.2) is 0 Å². The Kier molecular flexibility index (Phi) is 7.28. The minimum Gasteiger partial charge on any atom is -0.372 e. The predicted octanol–water partition coefficient (Wildman–Crippen LogP) is 3.61. The second kappa shape index (κ2) is 10.4. The van der Waals surface area contributed by atoms with E-state index < -0.39 is 0 Å². The predicted molar refractivity (Wildman–Crippen MR) is 133 cm³/mol. The van der Waals surface area contributed by atoms with Crippen molar-refractivity contribution in [3.63, 3.8) is 0 Å². The number of likely N-dealkylation sites (tertiary alicyclic amines) is 1. The molecular formula is C27H36ClN3O3. The highest BCUT2D eigenvalue weighted by atomic mass is 35.5. The molecule has 1 aromatic rings. The van der Waals surface area contributed by atoms with Crippen molar-refractivity contribution in [2.45, 2.75) is 57.0 Å². The summed E-state index contributed by atoms with van der Waals surface area (Å²) in [5.41, 5.74) is 1.94. The van der Waals surface area contributed by atoms with E-state index in [1.807, 2.05) is 35.2 Å². The lowest BCUT2D eigenvalue weighted by atomic mass is 9.85. The zero-order chi connectivity index (χ0) is 23.7. The van der Waals surface area contributed by atoms with E-state index in [4.69, 9.17) is 16.3 Å². The molecule has 1 saturated carbocycles. The fraction of sp³-hybridized carbons (Fsp3) is 0.630. The van der Waals surface area contributed by atoms with Crippen LogP contribution in [0.2, 0.25) is 5.02 Å². The smallest absolute Gasteiger partial charge is 0.252 e. The molecule has 1 aromatic carbocycles. The van der Waals surface area contributed by atoms with Gasteiger partial charge >= 0.3 is 0 Å². The van der Waals surface area contributed by atoms with Crippen molar-refractivity contribution in [3.05, 3.63) is 46.5 Å². The second-order valence-corrected chi connectivity index (χ2v) is 11.0. The van der Waals surface area contributed by atoms with Gasteiger partial charge in [0.2, 0.25) is 5.91 Å². The first-order valence-corrected chi connectivity index (χ1v) is 13.2. The molecule has 0 radical (unpaired) electrons. The third-order valence-corrected chi connectivity index (χ3v) is 8.54. The van der Waals surface area contributed by atoms with Gasteiger partial charge in [0, 0.05) is 48.7 Å². The van der Waals surface area contributed by atoms with Crippen LogP contribution in [-0.2, 0) is 14.3 Å². The van der Waals surface area contributed by atoms with Crippen molar-refractivity contribution < 1.29 is 14.3 Å². The van der Waals surface area contributed by atoms with Gasteiger partial charge in [-0.25, -0.2) is 0 Å². The molecule has 2 amide bonds. The molecule has 3 atom stereocenters. The maximum atomic E-state index is 13.6. The summed E-state index contributed by atoms with van der Waals surface area (Å²) in [6.07, 6.45) is 7.21. The summed E-state index contributed by atoms with van der Waals surface area (Å²) in [7, 11) is 0. The number of nitrogens with one attached hydrogen (secondary N) is 1. The molecule has 0 unspecified atom stereocenters. The molecule has 2 saturated heterocycles. The highest BCUT2D eigenvalue weighted by Gasteiger charge is 2.42. The molecule has 0 spiro atoms. The van der Waals surface area contributed by atoms with E-state index in [2.05, 4.69) is 17.1 Å². The van der Waals surface area contributed by atoms with Gasteiger partial charge in [-0.15, -0.1) is 0 Å². The Morgan fingerprint density at radius 1 is 1.06 bits per heavy atom. The number of rotatable bonds is 5. The largest absolute Gasteiger partial charge is 0.372 e. The molecule has 1 aliphatic carbocycles. The van der Waals surface area contributed by atoms with E-state index in [0.717, 1.165) is 62.2 Å². The number of carbonyl (C=O) groups is 2. The van der Waals surface area contributed by atoms with Gasteiger partial charge in [-0.3, -0.25) is 9.59 Å². The third kappa shape index (κ3) is 4.91. The first-order chi connectivity index (χ1) is 16.5. The van der Waals surface area contributed by atoms with Gasteiger partial charge in [0.05, 0.1) is 25.2 Å². The van der Waals surface area contributed by atoms with Crippen molar-refractivity contribution in [2.75, 3.05) is 39.4 Å². The van der Waals surface area contributed by atoms with Crippen molar-refractivity contribution in [1.29, 1.82) is 0 Å². The Bertz CT molecular complexity index is 926. The van der Waals surface area contributed by atoms with E-state index in [1.54, 1.807) is 0 Å². The van der Waals surface area contributed by atoms with E-state index in [9.17, 15) is 9.59 Å². The topological polar surface area (TPSA) is 61.9 Å². The lowest BCUT2D eigenvalue weighted by Crippen LogP contribution is -2.50. The zero-order valence-corrected chi connectivity index (χ0v) is 20.8. The Balaban J connectivity index is 1.29. The molecule has 3 fully saturated rings. The summed E-state index contributed by atoms with van der Waals surface area (Å²) >= 11 is 6.08. The van der Waals surface area contributed by atoms with Gasteiger partial charge in [0.1, 0.15) is 0 Å². The summed E-state index contributed by atoms with van der Waals surface area (Å²) in [5, 5.41) is 4.13. The van der Waals surface area contributed by atoms with Crippen LogP contribution in [0, 0.1) is 11.8 Å². The molecule has 0 bridgehead atoms. The maximum absolute atomic E-state index is 13.6. The molecule has 3 aliphatic heterocycles. The number of benzene rings is 1. The molecule has 6 nitrogen and oxygen atoms in total. The summed E-state index contributed by atoms with van der Waals surface area (Å²) in [4.78, 5) is 31.4. The summed E-state index contributed by atoms with van der Waals surface area (Å²) < 4.78 is 5.46. The molecule has 0 aromatic heterocycles. The quantitative estimate of drug-likeness (QED) is 0.692. The Hall–Kier alpha value is -1.89. The first kappa shape index (κ1) is 23.8. The molecule has 7 heteroatoms. The monoisotopic (exact) mass is 485 g/mol. The van der Waals surface area contributed by atoms with Crippen molar-refractivity contribution in [1.82, 2.24) is 15.1 Å². The number of hydrogen-bond acceptors (Lipinski definition) is 4. The highest BCUT2D eigenvalue weighted by molar-refractivity contribution is 6.30. The third-order valence-electron chi connectivity index (χ3n) is 8.29. The number of carbonyl (C=O) groups excluding carboxylic acids is 2. The van der Waals surface area contributed by atoms with Crippen LogP contribution in [0.1, 0.15) is 50.5 Å². The molecule has 1 N–H and O–H groups in total. The molecule has 4 aliphatic rings. The minimum absolute atomic E-state index is 0.0782. The summed E-state index contributed by atoms with van der Waals surface area (Å²) in [6, 6.07) is 8.22. The van der Waals surface area contributed by atoms with E-state index >= 15 is 0 Å². The molecular weight excluding hydrogens is 450 g/mol. The number of ether oxygens (including phenoxy) is 1. The standard InChI is InChI=1S/C27H36ClN3O3/c1-18-2-8-22(9-3-18)31(26(32)20-11-13-34-17-20)23-10-12-30(16-23)27(33)25-15-29-14-24(25)19-4-6-21(28)7-5-19/h4-7,11,18,22-25,29H,2-3,8-10,12-17H2,1H3/t18?,22?,23-,24-,25+/m0/s1. The normalized spacial score (nSPS) is 31.5. The van der Waals surface area contributed by atoms with Crippen LogP contribution >= 0.6 is 11.6 Å². The Labute approximate surface area is 207 Å². The Morgan fingerprint density at radius 2 is 1.82 bits per heavy atom. The second-order valence-electron chi connectivity index (χ2n) is 10.5. The molecule has 184 valence electrons. The van der Waals surface area contributed by atoms with Crippen LogP contribution < -0.4 is 5.32 Å². The van der Waals surface area contributed by atoms with Crippen LogP contribution in [0.15, 0.2) is 35.9 Å². The SMILES string of the molecule is CC1CCC(N(C(=O)C2=CCOC2)[C@H]2CCN(C(=O)[C@@H]3CNC[C@H]3c3ccc(Cl)cc3)C2)CC1. The van der Waals surface area contributed by atoms with Gasteiger partial charge < -0.3 is 19.9 Å². The van der Waals surface area contributed by atoms with E-state index in [1.165, 1.54) is 0 Å². The summed E-state index contributed by atoms with van der Waals surface area (Å²) in [5.74, 6) is 1.13. The van der Waals surface area contributed by atoms with Crippen LogP contribution in [0.5, 0.6) is 0 Å². The van der Waals surface area contributed by atoms with Gasteiger partial charge in [-0.2, -0.15) is 0 Å². The van der Waals surface area contributed by atoms with Gasteiger partial charge in [0.25, 0.3) is 5.91 Å².